The van der Waals surface area contributed by atoms with Crippen LogP contribution in [0.3, 0.4) is 0 Å². The predicted octanol–water partition coefficient (Wildman–Crippen LogP) is 2.67. The molecule has 5 nitrogen and oxygen atoms in total. The van der Waals surface area contributed by atoms with Gasteiger partial charge in [0.2, 0.25) is 0 Å². The average molecular weight is 371 g/mol. The molecule has 148 valence electrons. The molecule has 1 aliphatic carbocycles. The first-order chi connectivity index (χ1) is 13.2. The lowest BCUT2D eigenvalue weighted by atomic mass is 9.93. The van der Waals surface area contributed by atoms with E-state index in [2.05, 4.69) is 40.5 Å². The van der Waals surface area contributed by atoms with Crippen LogP contribution in [0.1, 0.15) is 37.7 Å². The van der Waals surface area contributed by atoms with Crippen molar-refractivity contribution in [3.63, 3.8) is 0 Å². The lowest BCUT2D eigenvalue weighted by molar-refractivity contribution is 0.147. The molecule has 1 aromatic carbocycles. The first-order valence-electron chi connectivity index (χ1n) is 10.7. The van der Waals surface area contributed by atoms with Gasteiger partial charge in [0.25, 0.3) is 0 Å². The highest BCUT2D eigenvalue weighted by Gasteiger charge is 2.41. The molecule has 27 heavy (non-hydrogen) atoms. The molecule has 2 aliphatic heterocycles. The molecular weight excluding hydrogens is 336 g/mol. The second-order valence-electron chi connectivity index (χ2n) is 8.81. The van der Waals surface area contributed by atoms with Crippen LogP contribution >= 0.6 is 0 Å². The molecule has 0 radical (unpaired) electrons. The van der Waals surface area contributed by atoms with Crippen molar-refractivity contribution in [2.45, 2.75) is 44.7 Å². The van der Waals surface area contributed by atoms with Crippen molar-refractivity contribution >= 4 is 6.03 Å². The molecule has 4 rings (SSSR count). The number of hydrogen-bond donors (Lipinski definition) is 2. The molecule has 0 aromatic heterocycles. The summed E-state index contributed by atoms with van der Waals surface area (Å²) in [6.45, 7) is 5.90. The number of carbonyl (C=O) groups is 1. The number of urea groups is 1. The summed E-state index contributed by atoms with van der Waals surface area (Å²) in [4.78, 5) is 17.0. The average Bonchev–Trinajstić information content (AvgIpc) is 2.90. The molecule has 2 bridgehead atoms. The van der Waals surface area contributed by atoms with Crippen molar-refractivity contribution in [2.75, 3.05) is 32.7 Å². The first kappa shape index (κ1) is 18.8. The van der Waals surface area contributed by atoms with E-state index in [4.69, 9.17) is 5.73 Å². The highest BCUT2D eigenvalue weighted by atomic mass is 16.2. The number of carbonyl (C=O) groups excluding carboxylic acids is 1. The van der Waals surface area contributed by atoms with E-state index in [1.165, 1.54) is 44.3 Å². The lowest BCUT2D eigenvalue weighted by Crippen LogP contribution is -2.53. The Hall–Kier alpha value is -1.59. The topological polar surface area (TPSA) is 61.6 Å². The van der Waals surface area contributed by atoms with Crippen molar-refractivity contribution in [3.8, 4) is 0 Å². The van der Waals surface area contributed by atoms with Crippen LogP contribution in [0.25, 0.3) is 0 Å². The number of benzene rings is 1. The van der Waals surface area contributed by atoms with E-state index in [1.807, 2.05) is 4.90 Å². The number of likely N-dealkylation sites (tertiary alicyclic amines) is 2. The van der Waals surface area contributed by atoms with Crippen molar-refractivity contribution in [2.24, 2.45) is 23.5 Å². The summed E-state index contributed by atoms with van der Waals surface area (Å²) in [5.74, 6) is 1.77. The van der Waals surface area contributed by atoms with E-state index in [1.54, 1.807) is 0 Å². The summed E-state index contributed by atoms with van der Waals surface area (Å²) in [6.07, 6.45) is 5.97. The summed E-state index contributed by atoms with van der Waals surface area (Å²) in [6, 6.07) is 11.2. The molecule has 3 N–H and O–H groups in total. The molecule has 2 heterocycles. The van der Waals surface area contributed by atoms with Gasteiger partial charge in [-0.1, -0.05) is 30.3 Å². The third kappa shape index (κ3) is 4.64. The SMILES string of the molecule is NC1C2CCC1CN(C(=O)NCCC1CCN(Cc3ccccc3)CC1)C2. The summed E-state index contributed by atoms with van der Waals surface area (Å²) >= 11 is 0. The Morgan fingerprint density at radius 2 is 1.70 bits per heavy atom. The number of nitrogens with zero attached hydrogens (tertiary/aromatic N) is 2. The van der Waals surface area contributed by atoms with Crippen molar-refractivity contribution in [3.05, 3.63) is 35.9 Å². The standard InChI is InChI=1S/C22H34N4O/c23-21-19-6-7-20(21)16-26(15-19)22(27)24-11-8-17-9-12-25(13-10-17)14-18-4-2-1-3-5-18/h1-5,17,19-21H,6-16,23H2,(H,24,27). The van der Waals surface area contributed by atoms with Gasteiger partial charge in [0, 0.05) is 32.2 Å². The molecule has 2 saturated heterocycles. The number of hydrogen-bond acceptors (Lipinski definition) is 3. The first-order valence-corrected chi connectivity index (χ1v) is 10.7. The minimum absolute atomic E-state index is 0.125. The van der Waals surface area contributed by atoms with Crippen LogP contribution in [0.4, 0.5) is 4.79 Å². The Labute approximate surface area is 163 Å². The monoisotopic (exact) mass is 370 g/mol. The van der Waals surface area contributed by atoms with Crippen LogP contribution in [-0.2, 0) is 6.54 Å². The van der Waals surface area contributed by atoms with E-state index < -0.39 is 0 Å². The molecule has 3 aliphatic rings. The molecule has 3 fully saturated rings. The Balaban J connectivity index is 1.13. The Kier molecular flexibility index (Phi) is 5.98. The fourth-order valence-corrected chi connectivity index (χ4v) is 5.20. The third-order valence-corrected chi connectivity index (χ3v) is 6.98. The van der Waals surface area contributed by atoms with Crippen LogP contribution < -0.4 is 11.1 Å². The number of amides is 2. The van der Waals surface area contributed by atoms with E-state index in [0.29, 0.717) is 17.9 Å². The normalized spacial score (nSPS) is 29.1. The zero-order chi connectivity index (χ0) is 18.6. The van der Waals surface area contributed by atoms with Gasteiger partial charge in [-0.2, -0.15) is 0 Å². The van der Waals surface area contributed by atoms with E-state index in [0.717, 1.165) is 38.5 Å². The Bertz CT molecular complexity index is 600. The summed E-state index contributed by atoms with van der Waals surface area (Å²) in [5, 5.41) is 3.17. The zero-order valence-corrected chi connectivity index (χ0v) is 16.4. The second-order valence-corrected chi connectivity index (χ2v) is 8.81. The number of piperidine rings is 2. The summed E-state index contributed by atoms with van der Waals surface area (Å²) < 4.78 is 0. The fourth-order valence-electron chi connectivity index (χ4n) is 5.20. The van der Waals surface area contributed by atoms with E-state index in [-0.39, 0.29) is 6.03 Å². The van der Waals surface area contributed by atoms with Crippen LogP contribution in [-0.4, -0.2) is 54.6 Å². The molecule has 1 aromatic rings. The van der Waals surface area contributed by atoms with Crippen LogP contribution in [0.2, 0.25) is 0 Å². The van der Waals surface area contributed by atoms with Crippen LogP contribution in [0, 0.1) is 17.8 Å². The largest absolute Gasteiger partial charge is 0.338 e. The van der Waals surface area contributed by atoms with Crippen LogP contribution in [0.5, 0.6) is 0 Å². The highest BCUT2D eigenvalue weighted by Crippen LogP contribution is 2.35. The molecular formula is C22H34N4O. The van der Waals surface area contributed by atoms with E-state index >= 15 is 0 Å². The van der Waals surface area contributed by atoms with Gasteiger partial charge in [-0.3, -0.25) is 4.90 Å². The Morgan fingerprint density at radius 1 is 1.04 bits per heavy atom. The number of nitrogens with one attached hydrogen (secondary N) is 1. The van der Waals surface area contributed by atoms with Crippen LogP contribution in [0.15, 0.2) is 30.3 Å². The number of rotatable bonds is 5. The summed E-state index contributed by atoms with van der Waals surface area (Å²) in [5.41, 5.74) is 7.64. The minimum atomic E-state index is 0.125. The lowest BCUT2D eigenvalue weighted by Gasteiger charge is -2.36. The van der Waals surface area contributed by atoms with Crippen molar-refractivity contribution < 1.29 is 4.79 Å². The molecule has 2 amide bonds. The summed E-state index contributed by atoms with van der Waals surface area (Å²) in [7, 11) is 0. The quantitative estimate of drug-likeness (QED) is 0.838. The minimum Gasteiger partial charge on any atom is -0.338 e. The zero-order valence-electron chi connectivity index (χ0n) is 16.4. The molecule has 2 unspecified atom stereocenters. The van der Waals surface area contributed by atoms with Gasteiger partial charge in [-0.25, -0.2) is 4.79 Å². The molecule has 0 spiro atoms. The molecule has 1 saturated carbocycles. The van der Waals surface area contributed by atoms with Gasteiger partial charge in [-0.05, 0) is 68.5 Å². The predicted molar refractivity (Wildman–Crippen MR) is 108 cm³/mol. The third-order valence-electron chi connectivity index (χ3n) is 6.98. The van der Waals surface area contributed by atoms with E-state index in [9.17, 15) is 4.79 Å². The highest BCUT2D eigenvalue weighted by molar-refractivity contribution is 5.74. The van der Waals surface area contributed by atoms with Gasteiger partial charge in [0.05, 0.1) is 0 Å². The second kappa shape index (κ2) is 8.61. The van der Waals surface area contributed by atoms with Gasteiger partial charge in [-0.15, -0.1) is 0 Å². The number of nitrogens with two attached hydrogens (primary N) is 1. The molecule has 5 heteroatoms. The molecule has 2 atom stereocenters. The Morgan fingerprint density at radius 3 is 2.37 bits per heavy atom. The maximum Gasteiger partial charge on any atom is 0.317 e. The van der Waals surface area contributed by atoms with Gasteiger partial charge in [0.1, 0.15) is 0 Å². The maximum atomic E-state index is 12.5. The number of fused-ring (bicyclic) bond motifs is 2. The van der Waals surface area contributed by atoms with Gasteiger partial charge in [0.15, 0.2) is 0 Å². The smallest absolute Gasteiger partial charge is 0.317 e. The van der Waals surface area contributed by atoms with Gasteiger partial charge >= 0.3 is 6.03 Å². The maximum absolute atomic E-state index is 12.5. The van der Waals surface area contributed by atoms with Gasteiger partial charge < -0.3 is 16.0 Å². The fraction of sp³-hybridized carbons (Fsp3) is 0.682. The van der Waals surface area contributed by atoms with Crippen molar-refractivity contribution in [1.29, 1.82) is 0 Å². The van der Waals surface area contributed by atoms with Crippen molar-refractivity contribution in [1.82, 2.24) is 15.1 Å².